The first-order chi connectivity index (χ1) is 17.5. The highest BCUT2D eigenvalue weighted by Gasteiger charge is 2.36. The van der Waals surface area contributed by atoms with Crippen molar-refractivity contribution in [3.63, 3.8) is 0 Å². The Balaban J connectivity index is 1.61. The number of hydrogen-bond acceptors (Lipinski definition) is 6. The van der Waals surface area contributed by atoms with E-state index in [1.54, 1.807) is 23.1 Å². The molecule has 0 saturated carbocycles. The van der Waals surface area contributed by atoms with Gasteiger partial charge < -0.3 is 9.84 Å². The van der Waals surface area contributed by atoms with Crippen molar-refractivity contribution in [2.75, 3.05) is 7.11 Å². The number of carboxylic acids is 1. The van der Waals surface area contributed by atoms with Gasteiger partial charge in [0.15, 0.2) is 0 Å². The molecule has 1 atom stereocenters. The number of ether oxygens (including phenoxy) is 1. The molecule has 0 radical (unpaired) electrons. The van der Waals surface area contributed by atoms with E-state index in [0.29, 0.717) is 17.9 Å². The summed E-state index contributed by atoms with van der Waals surface area (Å²) in [4.78, 5) is 24.3. The highest BCUT2D eigenvalue weighted by atomic mass is 32.1. The number of aliphatic carboxylic acids is 1. The molecular weight excluding hydrogens is 476 g/mol. The van der Waals surface area contributed by atoms with Gasteiger partial charge in [-0.25, -0.2) is 9.69 Å². The number of aromatic nitrogens is 2. The van der Waals surface area contributed by atoms with E-state index < -0.39 is 12.0 Å². The standard InChI is InChI=1S/C27H24N4O4S/c1-35-21-9-5-6-18(14-21)27-22(16-30(29-27)20-7-3-2-4-8-20)24-15-23(19-12-13-36-17-19)28-31(24)25(32)10-11-26(33)34/h2-9,12-14,16-17,24H,10-11,15H2,1H3,(H,33,34)/t24-/m0/s1. The van der Waals surface area contributed by atoms with Crippen LogP contribution in [-0.4, -0.2) is 44.6 Å². The number of hydrazone groups is 1. The molecule has 0 saturated heterocycles. The van der Waals surface area contributed by atoms with Crippen LogP contribution in [0.2, 0.25) is 0 Å². The van der Waals surface area contributed by atoms with Gasteiger partial charge in [-0.05, 0) is 41.1 Å². The molecule has 8 nitrogen and oxygen atoms in total. The monoisotopic (exact) mass is 500 g/mol. The van der Waals surface area contributed by atoms with Gasteiger partial charge in [0, 0.05) is 35.7 Å². The lowest BCUT2D eigenvalue weighted by atomic mass is 9.97. The number of para-hydroxylation sites is 1. The lowest BCUT2D eigenvalue weighted by Gasteiger charge is -2.21. The highest BCUT2D eigenvalue weighted by molar-refractivity contribution is 7.08. The molecule has 0 fully saturated rings. The quantitative estimate of drug-likeness (QED) is 0.361. The van der Waals surface area contributed by atoms with Gasteiger partial charge >= 0.3 is 5.97 Å². The summed E-state index contributed by atoms with van der Waals surface area (Å²) in [5, 5.41) is 24.1. The molecule has 3 heterocycles. The van der Waals surface area contributed by atoms with Gasteiger partial charge in [-0.15, -0.1) is 0 Å². The Morgan fingerprint density at radius 2 is 1.92 bits per heavy atom. The Hall–Kier alpha value is -4.24. The topological polar surface area (TPSA) is 97.0 Å². The first-order valence-corrected chi connectivity index (χ1v) is 12.4. The van der Waals surface area contributed by atoms with Crippen molar-refractivity contribution in [2.24, 2.45) is 5.10 Å². The van der Waals surface area contributed by atoms with Crippen LogP contribution < -0.4 is 4.74 Å². The average Bonchev–Trinajstić information content (AvgIpc) is 3.67. The molecule has 36 heavy (non-hydrogen) atoms. The molecule has 0 aliphatic carbocycles. The molecule has 5 rings (SSSR count). The summed E-state index contributed by atoms with van der Waals surface area (Å²) in [6.07, 6.45) is 2.04. The van der Waals surface area contributed by atoms with Crippen molar-refractivity contribution in [2.45, 2.75) is 25.3 Å². The molecular formula is C27H24N4O4S. The Morgan fingerprint density at radius 1 is 1.08 bits per heavy atom. The Labute approximate surface area is 212 Å². The molecule has 1 aliphatic heterocycles. The van der Waals surface area contributed by atoms with Crippen LogP contribution in [0.1, 0.15) is 36.4 Å². The van der Waals surface area contributed by atoms with Gasteiger partial charge in [0.2, 0.25) is 5.91 Å². The first-order valence-electron chi connectivity index (χ1n) is 11.5. The summed E-state index contributed by atoms with van der Waals surface area (Å²) in [5.41, 5.74) is 5.01. The normalized spacial score (nSPS) is 15.1. The number of thiophene rings is 1. The Kier molecular flexibility index (Phi) is 6.64. The van der Waals surface area contributed by atoms with Crippen molar-refractivity contribution in [1.82, 2.24) is 14.8 Å². The Morgan fingerprint density at radius 3 is 2.64 bits per heavy atom. The van der Waals surface area contributed by atoms with E-state index in [9.17, 15) is 9.59 Å². The van der Waals surface area contributed by atoms with E-state index in [1.807, 2.05) is 77.6 Å². The van der Waals surface area contributed by atoms with E-state index >= 15 is 0 Å². The summed E-state index contributed by atoms with van der Waals surface area (Å²) < 4.78 is 7.23. The average molecular weight is 501 g/mol. The fourth-order valence-corrected chi connectivity index (χ4v) is 4.92. The van der Waals surface area contributed by atoms with E-state index in [4.69, 9.17) is 14.9 Å². The first kappa shape index (κ1) is 23.5. The van der Waals surface area contributed by atoms with Crippen LogP contribution in [0.3, 0.4) is 0 Å². The second kappa shape index (κ2) is 10.2. The maximum atomic E-state index is 13.2. The molecule has 0 unspecified atom stereocenters. The number of amides is 1. The van der Waals surface area contributed by atoms with Crippen LogP contribution in [0.4, 0.5) is 0 Å². The maximum Gasteiger partial charge on any atom is 0.303 e. The van der Waals surface area contributed by atoms with Gasteiger partial charge in [0.25, 0.3) is 0 Å². The van der Waals surface area contributed by atoms with Crippen LogP contribution in [0.25, 0.3) is 16.9 Å². The zero-order valence-electron chi connectivity index (χ0n) is 19.6. The van der Waals surface area contributed by atoms with Gasteiger partial charge in [0.1, 0.15) is 5.75 Å². The van der Waals surface area contributed by atoms with Crippen LogP contribution in [-0.2, 0) is 9.59 Å². The molecule has 0 bridgehead atoms. The molecule has 4 aromatic rings. The highest BCUT2D eigenvalue weighted by Crippen LogP contribution is 2.39. The minimum Gasteiger partial charge on any atom is -0.497 e. The number of hydrogen-bond donors (Lipinski definition) is 1. The minimum absolute atomic E-state index is 0.131. The summed E-state index contributed by atoms with van der Waals surface area (Å²) in [5.74, 6) is -0.657. The van der Waals surface area contributed by atoms with Gasteiger partial charge in [-0.2, -0.15) is 21.5 Å². The lowest BCUT2D eigenvalue weighted by molar-refractivity contribution is -0.141. The summed E-state index contributed by atoms with van der Waals surface area (Å²) in [7, 11) is 1.61. The summed E-state index contributed by atoms with van der Waals surface area (Å²) >= 11 is 1.56. The molecule has 182 valence electrons. The van der Waals surface area contributed by atoms with E-state index in [2.05, 4.69) is 5.10 Å². The largest absolute Gasteiger partial charge is 0.497 e. The van der Waals surface area contributed by atoms with Crippen molar-refractivity contribution < 1.29 is 19.4 Å². The molecule has 9 heteroatoms. The van der Waals surface area contributed by atoms with E-state index in [1.165, 1.54) is 5.01 Å². The minimum atomic E-state index is -1.02. The summed E-state index contributed by atoms with van der Waals surface area (Å²) in [6, 6.07) is 18.9. The van der Waals surface area contributed by atoms with Gasteiger partial charge in [-0.1, -0.05) is 30.3 Å². The molecule has 1 aliphatic rings. The smallest absolute Gasteiger partial charge is 0.303 e. The Bertz CT molecular complexity index is 1410. The second-order valence-electron chi connectivity index (χ2n) is 8.36. The number of carbonyl (C=O) groups is 2. The third-order valence-electron chi connectivity index (χ3n) is 6.04. The zero-order chi connectivity index (χ0) is 25.1. The van der Waals surface area contributed by atoms with E-state index in [0.717, 1.165) is 28.1 Å². The van der Waals surface area contributed by atoms with Gasteiger partial charge in [0.05, 0.1) is 36.7 Å². The molecule has 1 amide bonds. The van der Waals surface area contributed by atoms with Crippen molar-refractivity contribution in [3.8, 4) is 22.7 Å². The fourth-order valence-electron chi connectivity index (χ4n) is 4.25. The third kappa shape index (κ3) is 4.78. The predicted octanol–water partition coefficient (Wildman–Crippen LogP) is 5.15. The number of nitrogens with zero attached hydrogens (tertiary/aromatic N) is 4. The number of carbonyl (C=O) groups excluding carboxylic acids is 1. The third-order valence-corrected chi connectivity index (χ3v) is 6.72. The van der Waals surface area contributed by atoms with Crippen molar-refractivity contribution in [1.29, 1.82) is 0 Å². The van der Waals surface area contributed by atoms with Crippen molar-refractivity contribution in [3.05, 3.63) is 88.7 Å². The van der Waals surface area contributed by atoms with Crippen LogP contribution in [0.5, 0.6) is 5.75 Å². The summed E-state index contributed by atoms with van der Waals surface area (Å²) in [6.45, 7) is 0. The van der Waals surface area contributed by atoms with Gasteiger partial charge in [-0.3, -0.25) is 9.59 Å². The zero-order valence-corrected chi connectivity index (χ0v) is 20.4. The van der Waals surface area contributed by atoms with Crippen LogP contribution in [0, 0.1) is 0 Å². The second-order valence-corrected chi connectivity index (χ2v) is 9.14. The number of rotatable bonds is 8. The fraction of sp³-hybridized carbons (Fsp3) is 0.185. The maximum absolute atomic E-state index is 13.2. The van der Waals surface area contributed by atoms with Crippen molar-refractivity contribution >= 4 is 28.9 Å². The molecule has 2 aromatic heterocycles. The number of benzene rings is 2. The molecule has 2 aromatic carbocycles. The predicted molar refractivity (Wildman–Crippen MR) is 137 cm³/mol. The molecule has 1 N–H and O–H groups in total. The lowest BCUT2D eigenvalue weighted by Crippen LogP contribution is -2.27. The van der Waals surface area contributed by atoms with E-state index in [-0.39, 0.29) is 18.7 Å². The van der Waals surface area contributed by atoms with Crippen LogP contribution in [0.15, 0.2) is 82.7 Å². The number of methoxy groups -OCH3 is 1. The molecule has 0 spiro atoms. The number of carboxylic acid groups (broad SMARTS) is 1. The SMILES string of the molecule is COc1cccc(-c2nn(-c3ccccc3)cc2[C@@H]2CC(c3ccsc3)=NN2C(=O)CCC(=O)O)c1. The van der Waals surface area contributed by atoms with Crippen LogP contribution >= 0.6 is 11.3 Å².